The first-order valence-electron chi connectivity index (χ1n) is 6.19. The maximum Gasteiger partial charge on any atom is 0.101 e. The summed E-state index contributed by atoms with van der Waals surface area (Å²) in [5, 5.41) is 9.59. The van der Waals surface area contributed by atoms with E-state index in [0.717, 1.165) is 38.0 Å². The molecule has 1 saturated heterocycles. The second-order valence-corrected chi connectivity index (χ2v) is 5.07. The lowest BCUT2D eigenvalue weighted by molar-refractivity contribution is 0.341. The van der Waals surface area contributed by atoms with Crippen LogP contribution >= 0.6 is 0 Å². The van der Waals surface area contributed by atoms with Crippen molar-refractivity contribution in [3.05, 3.63) is 29.6 Å². The third-order valence-corrected chi connectivity index (χ3v) is 3.68. The van der Waals surface area contributed by atoms with Crippen molar-refractivity contribution in [1.29, 1.82) is 5.26 Å². The van der Waals surface area contributed by atoms with E-state index in [2.05, 4.69) is 36.0 Å². The Hall–Kier alpha value is -1.40. The quantitative estimate of drug-likeness (QED) is 0.741. The van der Waals surface area contributed by atoms with Crippen LogP contribution in [0.1, 0.15) is 30.5 Å². The smallest absolute Gasteiger partial charge is 0.101 e. The molecule has 1 aromatic rings. The monoisotopic (exact) mass is 229 g/mol. The summed E-state index contributed by atoms with van der Waals surface area (Å²) in [4.78, 5) is 6.73. The van der Waals surface area contributed by atoms with E-state index in [1.54, 1.807) is 0 Å². The number of pyridine rings is 1. The van der Waals surface area contributed by atoms with Crippen molar-refractivity contribution in [1.82, 2.24) is 9.88 Å². The average Bonchev–Trinajstić information content (AvgIpc) is 2.52. The Morgan fingerprint density at radius 3 is 2.94 bits per heavy atom. The summed E-state index contributed by atoms with van der Waals surface area (Å²) in [7, 11) is 2.12. The summed E-state index contributed by atoms with van der Waals surface area (Å²) >= 11 is 0. The molecule has 1 unspecified atom stereocenters. The van der Waals surface area contributed by atoms with Gasteiger partial charge in [0, 0.05) is 6.20 Å². The van der Waals surface area contributed by atoms with E-state index in [1.165, 1.54) is 5.56 Å². The molecule has 17 heavy (non-hydrogen) atoms. The lowest BCUT2D eigenvalue weighted by Gasteiger charge is -2.24. The highest BCUT2D eigenvalue weighted by molar-refractivity contribution is 5.29. The molecule has 0 aromatic carbocycles. The predicted octanol–water partition coefficient (Wildman–Crippen LogP) is 2.27. The highest BCUT2D eigenvalue weighted by Crippen LogP contribution is 2.33. The van der Waals surface area contributed by atoms with Crippen molar-refractivity contribution in [2.45, 2.75) is 31.6 Å². The summed E-state index contributed by atoms with van der Waals surface area (Å²) in [5.74, 6) is 0. The van der Waals surface area contributed by atoms with Gasteiger partial charge >= 0.3 is 0 Å². The van der Waals surface area contributed by atoms with Gasteiger partial charge in [-0.3, -0.25) is 4.98 Å². The fourth-order valence-electron chi connectivity index (χ4n) is 2.49. The summed E-state index contributed by atoms with van der Waals surface area (Å²) in [5.41, 5.74) is 1.76. The Labute approximate surface area is 103 Å². The highest BCUT2D eigenvalue weighted by Gasteiger charge is 2.35. The normalized spacial score (nSPS) is 26.2. The third-order valence-electron chi connectivity index (χ3n) is 3.68. The van der Waals surface area contributed by atoms with E-state index in [-0.39, 0.29) is 5.41 Å². The number of nitrogens with zero attached hydrogens (tertiary/aromatic N) is 3. The highest BCUT2D eigenvalue weighted by atomic mass is 15.1. The van der Waals surface area contributed by atoms with Gasteiger partial charge in [0.15, 0.2) is 0 Å². The number of aryl methyl sites for hydroxylation is 1. The molecule has 90 valence electrons. The summed E-state index contributed by atoms with van der Waals surface area (Å²) in [6.07, 6.45) is 4.69. The average molecular weight is 229 g/mol. The van der Waals surface area contributed by atoms with Gasteiger partial charge in [0.2, 0.25) is 0 Å². The molecule has 1 atom stereocenters. The summed E-state index contributed by atoms with van der Waals surface area (Å²) in [6.45, 7) is 4.11. The molecule has 1 aromatic heterocycles. The van der Waals surface area contributed by atoms with Crippen molar-refractivity contribution in [3.8, 4) is 6.07 Å². The summed E-state index contributed by atoms with van der Waals surface area (Å²) in [6, 6.07) is 6.58. The molecule has 0 spiro atoms. The summed E-state index contributed by atoms with van der Waals surface area (Å²) < 4.78 is 0. The van der Waals surface area contributed by atoms with Crippen LogP contribution in [-0.2, 0) is 5.41 Å². The molecule has 1 aliphatic heterocycles. The first-order chi connectivity index (χ1) is 8.16. The molecule has 2 rings (SSSR count). The van der Waals surface area contributed by atoms with Crippen LogP contribution in [0.15, 0.2) is 18.3 Å². The molecular formula is C14H19N3. The van der Waals surface area contributed by atoms with Crippen LogP contribution in [0.3, 0.4) is 0 Å². The van der Waals surface area contributed by atoms with Gasteiger partial charge in [0.05, 0.1) is 11.8 Å². The van der Waals surface area contributed by atoms with Crippen LogP contribution in [-0.4, -0.2) is 30.0 Å². The fourth-order valence-corrected chi connectivity index (χ4v) is 2.49. The van der Waals surface area contributed by atoms with Crippen LogP contribution in [0, 0.1) is 18.3 Å². The van der Waals surface area contributed by atoms with Crippen LogP contribution in [0.25, 0.3) is 0 Å². The largest absolute Gasteiger partial charge is 0.306 e. The molecule has 0 N–H and O–H groups in total. The van der Waals surface area contributed by atoms with Gasteiger partial charge in [-0.25, -0.2) is 0 Å². The zero-order valence-electron chi connectivity index (χ0n) is 10.6. The first kappa shape index (κ1) is 12.1. The fraction of sp³-hybridized carbons (Fsp3) is 0.571. The zero-order valence-corrected chi connectivity index (χ0v) is 10.6. The van der Waals surface area contributed by atoms with Gasteiger partial charge in [-0.1, -0.05) is 0 Å². The van der Waals surface area contributed by atoms with E-state index < -0.39 is 0 Å². The maximum absolute atomic E-state index is 9.59. The van der Waals surface area contributed by atoms with E-state index in [1.807, 2.05) is 12.3 Å². The Balaban J connectivity index is 2.34. The van der Waals surface area contributed by atoms with Crippen molar-refractivity contribution in [2.24, 2.45) is 0 Å². The second-order valence-electron chi connectivity index (χ2n) is 5.07. The van der Waals surface area contributed by atoms with Crippen LogP contribution in [0.2, 0.25) is 0 Å². The Kier molecular flexibility index (Phi) is 3.44. The molecule has 1 fully saturated rings. The zero-order chi connectivity index (χ0) is 12.3. The minimum Gasteiger partial charge on any atom is -0.306 e. The van der Waals surface area contributed by atoms with Gasteiger partial charge in [0.1, 0.15) is 5.41 Å². The van der Waals surface area contributed by atoms with Gasteiger partial charge < -0.3 is 4.90 Å². The lowest BCUT2D eigenvalue weighted by atomic mass is 9.78. The molecule has 1 aliphatic rings. The molecule has 0 radical (unpaired) electrons. The van der Waals surface area contributed by atoms with Crippen molar-refractivity contribution in [2.75, 3.05) is 20.1 Å². The maximum atomic E-state index is 9.59. The molecule has 2 heterocycles. The second kappa shape index (κ2) is 4.85. The molecular weight excluding hydrogens is 210 g/mol. The number of rotatable bonds is 1. The van der Waals surface area contributed by atoms with Crippen molar-refractivity contribution < 1.29 is 0 Å². The number of hydrogen-bond donors (Lipinski definition) is 0. The molecule has 0 amide bonds. The third kappa shape index (κ3) is 2.48. The van der Waals surface area contributed by atoms with Crippen LogP contribution < -0.4 is 0 Å². The van der Waals surface area contributed by atoms with Crippen LogP contribution in [0.5, 0.6) is 0 Å². The number of aromatic nitrogens is 1. The Bertz CT molecular complexity index is 435. The molecule has 0 saturated carbocycles. The molecule has 0 aliphatic carbocycles. The SMILES string of the molecule is Cc1ccnc(C2(C#N)CCCN(C)CC2)c1. The van der Waals surface area contributed by atoms with Crippen molar-refractivity contribution >= 4 is 0 Å². The Morgan fingerprint density at radius 2 is 2.24 bits per heavy atom. The number of nitriles is 1. The first-order valence-corrected chi connectivity index (χ1v) is 6.19. The number of hydrogen-bond acceptors (Lipinski definition) is 3. The molecule has 0 bridgehead atoms. The molecule has 3 nitrogen and oxygen atoms in total. The lowest BCUT2D eigenvalue weighted by Crippen LogP contribution is -2.27. The minimum absolute atomic E-state index is 0.378. The van der Waals surface area contributed by atoms with E-state index in [0.29, 0.717) is 0 Å². The molecule has 3 heteroatoms. The van der Waals surface area contributed by atoms with E-state index in [4.69, 9.17) is 0 Å². The van der Waals surface area contributed by atoms with Crippen LogP contribution in [0.4, 0.5) is 0 Å². The van der Waals surface area contributed by atoms with Gasteiger partial charge in [-0.2, -0.15) is 5.26 Å². The van der Waals surface area contributed by atoms with Gasteiger partial charge in [-0.15, -0.1) is 0 Å². The topological polar surface area (TPSA) is 39.9 Å². The van der Waals surface area contributed by atoms with Gasteiger partial charge in [0.25, 0.3) is 0 Å². The predicted molar refractivity (Wildman–Crippen MR) is 67.6 cm³/mol. The minimum atomic E-state index is -0.378. The van der Waals surface area contributed by atoms with Crippen molar-refractivity contribution in [3.63, 3.8) is 0 Å². The van der Waals surface area contributed by atoms with E-state index in [9.17, 15) is 5.26 Å². The standard InChI is InChI=1S/C14H19N3/c1-12-4-7-16-13(10-12)14(11-15)5-3-8-17(2)9-6-14/h4,7,10H,3,5-6,8-9H2,1-2H3. The van der Waals surface area contributed by atoms with E-state index >= 15 is 0 Å². The Morgan fingerprint density at radius 1 is 1.41 bits per heavy atom. The van der Waals surface area contributed by atoms with Gasteiger partial charge in [-0.05, 0) is 64.0 Å². The number of likely N-dealkylation sites (tertiary alicyclic amines) is 1.